The van der Waals surface area contributed by atoms with Gasteiger partial charge < -0.3 is 10.4 Å². The van der Waals surface area contributed by atoms with Crippen LogP contribution in [-0.2, 0) is 11.2 Å². The van der Waals surface area contributed by atoms with Crippen LogP contribution < -0.4 is 5.32 Å². The largest absolute Gasteiger partial charge is 0.387 e. The van der Waals surface area contributed by atoms with Crippen molar-refractivity contribution < 1.29 is 9.90 Å². The summed E-state index contributed by atoms with van der Waals surface area (Å²) in [6.45, 7) is 0.126. The molecule has 20 heavy (non-hydrogen) atoms. The van der Waals surface area contributed by atoms with E-state index in [0.717, 1.165) is 4.88 Å². The number of thiophene rings is 1. The molecule has 0 radical (unpaired) electrons. The third kappa shape index (κ3) is 4.49. The summed E-state index contributed by atoms with van der Waals surface area (Å²) in [4.78, 5) is 12.7. The van der Waals surface area contributed by atoms with Gasteiger partial charge in [0.15, 0.2) is 0 Å². The summed E-state index contributed by atoms with van der Waals surface area (Å²) in [6.07, 6.45) is -0.515. The predicted molar refractivity (Wildman–Crippen MR) is 82.5 cm³/mol. The lowest BCUT2D eigenvalue weighted by molar-refractivity contribution is -0.120. The molecule has 0 aliphatic carbocycles. The lowest BCUT2D eigenvalue weighted by Gasteiger charge is -2.13. The fourth-order valence-electron chi connectivity index (χ4n) is 1.73. The van der Waals surface area contributed by atoms with Crippen molar-refractivity contribution in [2.24, 2.45) is 0 Å². The van der Waals surface area contributed by atoms with Crippen LogP contribution in [0.4, 0.5) is 0 Å². The molecule has 106 valence electrons. The standard InChI is InChI=1S/C14H13Cl2NO2S/c15-10-4-9(5-11(16)6-10)13(18)8-17-14(19)7-12-2-1-3-20-12/h1-6,13,18H,7-8H2,(H,17,19)/t13-/m0/s1. The Morgan fingerprint density at radius 1 is 1.30 bits per heavy atom. The Hall–Kier alpha value is -1.07. The highest BCUT2D eigenvalue weighted by atomic mass is 35.5. The number of aliphatic hydroxyl groups is 1. The second kappa shape index (κ2) is 7.09. The molecule has 0 bridgehead atoms. The van der Waals surface area contributed by atoms with E-state index in [9.17, 15) is 9.90 Å². The molecule has 1 aromatic carbocycles. The van der Waals surface area contributed by atoms with E-state index in [4.69, 9.17) is 23.2 Å². The molecule has 1 aromatic heterocycles. The Labute approximate surface area is 131 Å². The molecule has 0 unspecified atom stereocenters. The molecule has 1 heterocycles. The van der Waals surface area contributed by atoms with Crippen LogP contribution in [0.2, 0.25) is 10.0 Å². The number of carbonyl (C=O) groups is 1. The number of carbonyl (C=O) groups excluding carboxylic acids is 1. The number of nitrogens with one attached hydrogen (secondary N) is 1. The lowest BCUT2D eigenvalue weighted by Crippen LogP contribution is -2.29. The van der Waals surface area contributed by atoms with Gasteiger partial charge in [-0.25, -0.2) is 0 Å². The number of hydrogen-bond acceptors (Lipinski definition) is 3. The second-order valence-electron chi connectivity index (χ2n) is 4.28. The van der Waals surface area contributed by atoms with Gasteiger partial charge in [0.2, 0.25) is 5.91 Å². The number of rotatable bonds is 5. The maximum absolute atomic E-state index is 11.7. The molecule has 0 saturated carbocycles. The Bertz CT molecular complexity index is 567. The van der Waals surface area contributed by atoms with Gasteiger partial charge in [-0.3, -0.25) is 4.79 Å². The van der Waals surface area contributed by atoms with Gasteiger partial charge in [-0.2, -0.15) is 0 Å². The molecular weight excluding hydrogens is 317 g/mol. The van der Waals surface area contributed by atoms with Gasteiger partial charge in [-0.05, 0) is 35.2 Å². The molecule has 2 N–H and O–H groups in total. The van der Waals surface area contributed by atoms with E-state index >= 15 is 0 Å². The maximum Gasteiger partial charge on any atom is 0.225 e. The SMILES string of the molecule is O=C(Cc1cccs1)NC[C@H](O)c1cc(Cl)cc(Cl)c1. The van der Waals surface area contributed by atoms with Crippen molar-refractivity contribution in [1.82, 2.24) is 5.32 Å². The first kappa shape index (κ1) is 15.3. The van der Waals surface area contributed by atoms with E-state index < -0.39 is 6.10 Å². The average Bonchev–Trinajstić information content (AvgIpc) is 2.87. The number of aliphatic hydroxyl groups excluding tert-OH is 1. The Morgan fingerprint density at radius 3 is 2.60 bits per heavy atom. The zero-order valence-corrected chi connectivity index (χ0v) is 12.8. The maximum atomic E-state index is 11.7. The summed E-state index contributed by atoms with van der Waals surface area (Å²) in [5.41, 5.74) is 0.582. The summed E-state index contributed by atoms with van der Waals surface area (Å²) in [6, 6.07) is 8.65. The highest BCUT2D eigenvalue weighted by Gasteiger charge is 2.11. The lowest BCUT2D eigenvalue weighted by atomic mass is 10.1. The Morgan fingerprint density at radius 2 is 2.00 bits per heavy atom. The van der Waals surface area contributed by atoms with Crippen molar-refractivity contribution in [1.29, 1.82) is 0 Å². The minimum Gasteiger partial charge on any atom is -0.387 e. The normalized spacial score (nSPS) is 12.2. The minimum atomic E-state index is -0.835. The third-order valence-corrected chi connectivity index (χ3v) is 3.99. The third-order valence-electron chi connectivity index (χ3n) is 2.68. The molecule has 2 aromatic rings. The topological polar surface area (TPSA) is 49.3 Å². The van der Waals surface area contributed by atoms with Gasteiger partial charge in [0.05, 0.1) is 12.5 Å². The van der Waals surface area contributed by atoms with Crippen molar-refractivity contribution in [2.75, 3.05) is 6.54 Å². The van der Waals surface area contributed by atoms with Gasteiger partial charge >= 0.3 is 0 Å². The van der Waals surface area contributed by atoms with Gasteiger partial charge in [0.1, 0.15) is 0 Å². The fraction of sp³-hybridized carbons (Fsp3) is 0.214. The molecule has 1 amide bonds. The van der Waals surface area contributed by atoms with Crippen LogP contribution in [0.25, 0.3) is 0 Å². The quantitative estimate of drug-likeness (QED) is 0.882. The zero-order valence-electron chi connectivity index (χ0n) is 10.5. The highest BCUT2D eigenvalue weighted by Crippen LogP contribution is 2.23. The van der Waals surface area contributed by atoms with E-state index in [2.05, 4.69) is 5.32 Å². The minimum absolute atomic E-state index is 0.125. The smallest absolute Gasteiger partial charge is 0.225 e. The molecule has 0 fully saturated rings. The van der Waals surface area contributed by atoms with Crippen molar-refractivity contribution >= 4 is 40.4 Å². The van der Waals surface area contributed by atoms with Crippen molar-refractivity contribution in [3.8, 4) is 0 Å². The van der Waals surface area contributed by atoms with Gasteiger partial charge in [0, 0.05) is 21.5 Å². The van der Waals surface area contributed by atoms with Crippen molar-refractivity contribution in [3.63, 3.8) is 0 Å². The van der Waals surface area contributed by atoms with E-state index in [1.807, 2.05) is 17.5 Å². The van der Waals surface area contributed by atoms with Gasteiger partial charge in [-0.1, -0.05) is 29.3 Å². The number of halogens is 2. The molecule has 3 nitrogen and oxygen atoms in total. The fourth-order valence-corrected chi connectivity index (χ4v) is 2.98. The van der Waals surface area contributed by atoms with E-state index in [1.165, 1.54) is 11.3 Å². The van der Waals surface area contributed by atoms with Crippen molar-refractivity contribution in [3.05, 3.63) is 56.2 Å². The van der Waals surface area contributed by atoms with Gasteiger partial charge in [0.25, 0.3) is 0 Å². The molecule has 0 saturated heterocycles. The Kier molecular flexibility index (Phi) is 5.43. The van der Waals surface area contributed by atoms with Crippen LogP contribution in [-0.4, -0.2) is 17.6 Å². The number of hydrogen-bond donors (Lipinski definition) is 2. The molecule has 0 spiro atoms. The first-order valence-electron chi connectivity index (χ1n) is 5.98. The second-order valence-corrected chi connectivity index (χ2v) is 6.18. The average molecular weight is 330 g/mol. The van der Waals surface area contributed by atoms with Crippen LogP contribution in [0.3, 0.4) is 0 Å². The predicted octanol–water partition coefficient (Wildman–Crippen LogP) is 3.45. The van der Waals surface area contributed by atoms with Crippen LogP contribution in [0, 0.1) is 0 Å². The number of benzene rings is 1. The molecule has 6 heteroatoms. The monoisotopic (exact) mass is 329 g/mol. The Balaban J connectivity index is 1.88. The summed E-state index contributed by atoms with van der Waals surface area (Å²) in [5.74, 6) is -0.125. The summed E-state index contributed by atoms with van der Waals surface area (Å²) in [7, 11) is 0. The molecule has 2 rings (SSSR count). The van der Waals surface area contributed by atoms with Gasteiger partial charge in [-0.15, -0.1) is 11.3 Å². The van der Waals surface area contributed by atoms with E-state index in [1.54, 1.807) is 18.2 Å². The van der Waals surface area contributed by atoms with E-state index in [0.29, 0.717) is 22.0 Å². The zero-order chi connectivity index (χ0) is 14.5. The molecule has 1 atom stereocenters. The summed E-state index contributed by atoms with van der Waals surface area (Å²) >= 11 is 13.3. The molecule has 0 aliphatic rings. The first-order valence-corrected chi connectivity index (χ1v) is 7.61. The van der Waals surface area contributed by atoms with E-state index in [-0.39, 0.29) is 12.5 Å². The summed E-state index contributed by atoms with van der Waals surface area (Å²) < 4.78 is 0. The van der Waals surface area contributed by atoms with Crippen LogP contribution >= 0.6 is 34.5 Å². The van der Waals surface area contributed by atoms with Crippen LogP contribution in [0.5, 0.6) is 0 Å². The van der Waals surface area contributed by atoms with Crippen molar-refractivity contribution in [2.45, 2.75) is 12.5 Å². The summed E-state index contributed by atoms with van der Waals surface area (Å²) in [5, 5.41) is 15.5. The molecule has 0 aliphatic heterocycles. The van der Waals surface area contributed by atoms with Crippen LogP contribution in [0.1, 0.15) is 16.5 Å². The number of amides is 1. The van der Waals surface area contributed by atoms with Crippen LogP contribution in [0.15, 0.2) is 35.7 Å². The molecular formula is C14H13Cl2NO2S. The first-order chi connectivity index (χ1) is 9.54. The highest BCUT2D eigenvalue weighted by molar-refractivity contribution is 7.10.